The molecule has 1 atom stereocenters. The Bertz CT molecular complexity index is 252. The summed E-state index contributed by atoms with van der Waals surface area (Å²) in [7, 11) is 0. The Morgan fingerprint density at radius 3 is 2.58 bits per heavy atom. The van der Waals surface area contributed by atoms with Crippen molar-refractivity contribution in [1.82, 2.24) is 0 Å². The maximum Gasteiger partial charge on any atom is 0.00517 e. The summed E-state index contributed by atoms with van der Waals surface area (Å²) < 4.78 is 0. The third kappa shape index (κ3) is 2.08. The number of rotatable bonds is 3. The summed E-state index contributed by atoms with van der Waals surface area (Å²) in [6, 6.07) is 2.29. The van der Waals surface area contributed by atoms with E-state index in [1.165, 1.54) is 15.3 Å². The van der Waals surface area contributed by atoms with Crippen LogP contribution in [0.4, 0.5) is 0 Å². The second kappa shape index (κ2) is 4.06. The molecule has 0 spiro atoms. The van der Waals surface area contributed by atoms with Gasteiger partial charge in [-0.1, -0.05) is 6.92 Å². The Morgan fingerprint density at radius 1 is 1.50 bits per heavy atom. The Morgan fingerprint density at radius 2 is 2.17 bits per heavy atom. The van der Waals surface area contributed by atoms with Gasteiger partial charge in [-0.25, -0.2) is 0 Å². The summed E-state index contributed by atoms with van der Waals surface area (Å²) in [4.78, 5) is 2.86. The molecule has 0 radical (unpaired) electrons. The quantitative estimate of drug-likeness (QED) is 0.766. The van der Waals surface area contributed by atoms with Crippen LogP contribution >= 0.6 is 11.3 Å². The van der Waals surface area contributed by atoms with Gasteiger partial charge in [-0.2, -0.15) is 0 Å². The minimum absolute atomic E-state index is 0.625. The van der Waals surface area contributed by atoms with Crippen molar-refractivity contribution < 1.29 is 0 Å². The summed E-state index contributed by atoms with van der Waals surface area (Å²) in [5.74, 6) is 0.625. The Balaban J connectivity index is 2.79. The Kier molecular flexibility index (Phi) is 3.29. The first-order valence-corrected chi connectivity index (χ1v) is 5.23. The van der Waals surface area contributed by atoms with Gasteiger partial charge in [-0.3, -0.25) is 0 Å². The predicted molar refractivity (Wildman–Crippen MR) is 55.9 cm³/mol. The zero-order chi connectivity index (χ0) is 9.14. The van der Waals surface area contributed by atoms with Gasteiger partial charge in [0.2, 0.25) is 0 Å². The fraction of sp³-hybridized carbons (Fsp3) is 0.600. The summed E-state index contributed by atoms with van der Waals surface area (Å²) in [5, 5.41) is 0. The topological polar surface area (TPSA) is 26.0 Å². The lowest BCUT2D eigenvalue weighted by Gasteiger charge is -2.08. The Hall–Kier alpha value is -0.340. The molecule has 1 nitrogen and oxygen atoms in total. The van der Waals surface area contributed by atoms with E-state index >= 15 is 0 Å². The van der Waals surface area contributed by atoms with Gasteiger partial charge in [0.1, 0.15) is 0 Å². The van der Waals surface area contributed by atoms with Crippen molar-refractivity contribution >= 4 is 11.3 Å². The van der Waals surface area contributed by atoms with Crippen LogP contribution in [0.3, 0.4) is 0 Å². The van der Waals surface area contributed by atoms with Gasteiger partial charge in [-0.05, 0) is 44.4 Å². The van der Waals surface area contributed by atoms with Gasteiger partial charge in [0.05, 0.1) is 0 Å². The molecule has 1 aromatic rings. The smallest absolute Gasteiger partial charge is 0.00517 e. The van der Waals surface area contributed by atoms with Crippen molar-refractivity contribution in [1.29, 1.82) is 0 Å². The lowest BCUT2D eigenvalue weighted by molar-refractivity contribution is 0.689. The van der Waals surface area contributed by atoms with Crippen LogP contribution in [0.2, 0.25) is 0 Å². The molecule has 0 saturated heterocycles. The van der Waals surface area contributed by atoms with E-state index in [1.807, 2.05) is 11.3 Å². The van der Waals surface area contributed by atoms with Crippen LogP contribution in [0.5, 0.6) is 0 Å². The van der Waals surface area contributed by atoms with E-state index in [-0.39, 0.29) is 0 Å². The van der Waals surface area contributed by atoms with Crippen molar-refractivity contribution in [2.75, 3.05) is 6.54 Å². The van der Waals surface area contributed by atoms with E-state index in [0.29, 0.717) is 5.92 Å². The zero-order valence-electron chi connectivity index (χ0n) is 8.05. The van der Waals surface area contributed by atoms with Crippen molar-refractivity contribution in [3.05, 3.63) is 21.4 Å². The predicted octanol–water partition coefficient (Wildman–Crippen LogP) is 2.82. The minimum Gasteiger partial charge on any atom is -0.330 e. The average molecular weight is 183 g/mol. The third-order valence-electron chi connectivity index (χ3n) is 2.21. The number of hydrogen-bond donors (Lipinski definition) is 1. The molecule has 0 aliphatic rings. The monoisotopic (exact) mass is 183 g/mol. The molecule has 0 aromatic carbocycles. The van der Waals surface area contributed by atoms with Crippen LogP contribution in [0.15, 0.2) is 6.07 Å². The highest BCUT2D eigenvalue weighted by atomic mass is 32.1. The second-order valence-corrected chi connectivity index (χ2v) is 4.81. The van der Waals surface area contributed by atoms with E-state index in [1.54, 1.807) is 0 Å². The van der Waals surface area contributed by atoms with E-state index in [2.05, 4.69) is 26.8 Å². The minimum atomic E-state index is 0.625. The molecule has 2 N–H and O–H groups in total. The fourth-order valence-corrected chi connectivity index (χ4v) is 2.59. The first-order valence-electron chi connectivity index (χ1n) is 4.42. The summed E-state index contributed by atoms with van der Waals surface area (Å²) in [5.41, 5.74) is 7.02. The summed E-state index contributed by atoms with van der Waals surface area (Å²) >= 11 is 1.88. The van der Waals surface area contributed by atoms with Crippen molar-refractivity contribution in [2.24, 2.45) is 5.73 Å². The SMILES string of the molecule is Cc1cc(C(C)CCN)c(C)s1. The van der Waals surface area contributed by atoms with Crippen LogP contribution < -0.4 is 5.73 Å². The molecule has 0 amide bonds. The standard InChI is InChI=1S/C10H17NS/c1-7(4-5-11)10-6-8(2)12-9(10)3/h6-7H,4-5,11H2,1-3H3. The molecule has 0 bridgehead atoms. The zero-order valence-corrected chi connectivity index (χ0v) is 8.87. The highest BCUT2D eigenvalue weighted by Crippen LogP contribution is 2.28. The maximum atomic E-state index is 5.53. The molecule has 0 saturated carbocycles. The van der Waals surface area contributed by atoms with Crippen molar-refractivity contribution in [3.8, 4) is 0 Å². The molecule has 1 unspecified atom stereocenters. The Labute approximate surface area is 78.6 Å². The molecule has 68 valence electrons. The molecule has 2 heteroatoms. The average Bonchev–Trinajstić information content (AvgIpc) is 2.30. The number of thiophene rings is 1. The summed E-state index contributed by atoms with van der Waals surface area (Å²) in [6.07, 6.45) is 1.09. The van der Waals surface area contributed by atoms with E-state index in [0.717, 1.165) is 13.0 Å². The van der Waals surface area contributed by atoms with Gasteiger partial charge in [0, 0.05) is 9.75 Å². The van der Waals surface area contributed by atoms with Gasteiger partial charge < -0.3 is 5.73 Å². The van der Waals surface area contributed by atoms with Gasteiger partial charge in [-0.15, -0.1) is 11.3 Å². The van der Waals surface area contributed by atoms with Crippen LogP contribution in [-0.4, -0.2) is 6.54 Å². The molecule has 0 aliphatic carbocycles. The molecule has 1 heterocycles. The van der Waals surface area contributed by atoms with E-state index in [4.69, 9.17) is 5.73 Å². The molecule has 1 rings (SSSR count). The molecular formula is C10H17NS. The fourth-order valence-electron chi connectivity index (χ4n) is 1.55. The third-order valence-corrected chi connectivity index (χ3v) is 3.19. The van der Waals surface area contributed by atoms with Gasteiger partial charge in [0.15, 0.2) is 0 Å². The molecule has 0 fully saturated rings. The van der Waals surface area contributed by atoms with Crippen LogP contribution in [0.1, 0.15) is 34.6 Å². The van der Waals surface area contributed by atoms with Crippen molar-refractivity contribution in [2.45, 2.75) is 33.1 Å². The number of hydrogen-bond acceptors (Lipinski definition) is 2. The summed E-state index contributed by atoms with van der Waals surface area (Å²) in [6.45, 7) is 7.40. The lowest BCUT2D eigenvalue weighted by atomic mass is 9.98. The van der Waals surface area contributed by atoms with Crippen LogP contribution in [0, 0.1) is 13.8 Å². The normalized spacial score (nSPS) is 13.3. The molecule has 0 aliphatic heterocycles. The van der Waals surface area contributed by atoms with Crippen LogP contribution in [0.25, 0.3) is 0 Å². The first-order chi connectivity index (χ1) is 5.65. The maximum absolute atomic E-state index is 5.53. The van der Waals surface area contributed by atoms with Crippen molar-refractivity contribution in [3.63, 3.8) is 0 Å². The lowest BCUT2D eigenvalue weighted by Crippen LogP contribution is -2.04. The van der Waals surface area contributed by atoms with Gasteiger partial charge >= 0.3 is 0 Å². The molecule has 1 aromatic heterocycles. The largest absolute Gasteiger partial charge is 0.330 e. The van der Waals surface area contributed by atoms with E-state index < -0.39 is 0 Å². The molecular weight excluding hydrogens is 166 g/mol. The highest BCUT2D eigenvalue weighted by molar-refractivity contribution is 7.12. The van der Waals surface area contributed by atoms with Gasteiger partial charge in [0.25, 0.3) is 0 Å². The second-order valence-electron chi connectivity index (χ2n) is 3.35. The van der Waals surface area contributed by atoms with E-state index in [9.17, 15) is 0 Å². The highest BCUT2D eigenvalue weighted by Gasteiger charge is 2.09. The number of nitrogens with two attached hydrogens (primary N) is 1. The molecule has 12 heavy (non-hydrogen) atoms. The first kappa shape index (κ1) is 9.75. The number of aryl methyl sites for hydroxylation is 2. The van der Waals surface area contributed by atoms with Crippen LogP contribution in [-0.2, 0) is 0 Å².